The zero-order valence-electron chi connectivity index (χ0n) is 11.2. The topological polar surface area (TPSA) is 34.1 Å². The molecule has 1 atom stereocenters. The standard InChI is InChI=1S/C14H15F3N2O/c1-9(14(15,16)17)20-13-7-10(8-18-2)19-12-6-4-3-5-11(12)13/h3-7,9,18H,8H2,1-2H3. The lowest BCUT2D eigenvalue weighted by atomic mass is 10.1. The van der Waals surface area contributed by atoms with Crippen LogP contribution in [0.3, 0.4) is 0 Å². The Labute approximate surface area is 114 Å². The predicted octanol–water partition coefficient (Wildman–Crippen LogP) is 3.28. The molecule has 0 amide bonds. The van der Waals surface area contributed by atoms with Gasteiger partial charge in [-0.15, -0.1) is 0 Å². The molecule has 1 N–H and O–H groups in total. The lowest BCUT2D eigenvalue weighted by Crippen LogP contribution is -2.31. The number of hydrogen-bond donors (Lipinski definition) is 1. The molecule has 0 radical (unpaired) electrons. The van der Waals surface area contributed by atoms with Crippen molar-refractivity contribution < 1.29 is 17.9 Å². The van der Waals surface area contributed by atoms with Gasteiger partial charge in [0.1, 0.15) is 5.75 Å². The summed E-state index contributed by atoms with van der Waals surface area (Å²) in [6.07, 6.45) is -6.26. The fraction of sp³-hybridized carbons (Fsp3) is 0.357. The number of halogens is 3. The van der Waals surface area contributed by atoms with Crippen molar-refractivity contribution in [3.8, 4) is 5.75 Å². The van der Waals surface area contributed by atoms with Gasteiger partial charge in [0.2, 0.25) is 0 Å². The van der Waals surface area contributed by atoms with E-state index in [4.69, 9.17) is 4.74 Å². The van der Waals surface area contributed by atoms with E-state index in [1.54, 1.807) is 37.4 Å². The number of alkyl halides is 3. The first-order valence-electron chi connectivity index (χ1n) is 6.18. The third kappa shape index (κ3) is 3.19. The van der Waals surface area contributed by atoms with Gasteiger partial charge in [-0.3, -0.25) is 4.98 Å². The van der Waals surface area contributed by atoms with Gasteiger partial charge in [0.15, 0.2) is 6.10 Å². The van der Waals surface area contributed by atoms with E-state index in [1.807, 2.05) is 0 Å². The van der Waals surface area contributed by atoms with E-state index >= 15 is 0 Å². The number of nitrogens with zero attached hydrogens (tertiary/aromatic N) is 1. The van der Waals surface area contributed by atoms with E-state index < -0.39 is 12.3 Å². The molecule has 0 aliphatic rings. The molecular formula is C14H15F3N2O. The first-order valence-corrected chi connectivity index (χ1v) is 6.18. The van der Waals surface area contributed by atoms with Crippen molar-refractivity contribution in [3.05, 3.63) is 36.0 Å². The molecular weight excluding hydrogens is 269 g/mol. The Balaban J connectivity index is 2.44. The highest BCUT2D eigenvalue weighted by Gasteiger charge is 2.38. The maximum Gasteiger partial charge on any atom is 0.425 e. The number of benzene rings is 1. The normalized spacial score (nSPS) is 13.4. The molecule has 0 fully saturated rings. The lowest BCUT2D eigenvalue weighted by Gasteiger charge is -2.19. The van der Waals surface area contributed by atoms with Gasteiger partial charge in [0.25, 0.3) is 0 Å². The van der Waals surface area contributed by atoms with Crippen LogP contribution < -0.4 is 10.1 Å². The summed E-state index contributed by atoms with van der Waals surface area (Å²) in [4.78, 5) is 4.37. The molecule has 1 aromatic carbocycles. The van der Waals surface area contributed by atoms with Gasteiger partial charge in [-0.2, -0.15) is 13.2 Å². The van der Waals surface area contributed by atoms with E-state index in [2.05, 4.69) is 10.3 Å². The molecule has 1 unspecified atom stereocenters. The number of ether oxygens (including phenoxy) is 1. The van der Waals surface area contributed by atoms with E-state index in [-0.39, 0.29) is 5.75 Å². The minimum atomic E-state index is -4.40. The average molecular weight is 284 g/mol. The summed E-state index contributed by atoms with van der Waals surface area (Å²) < 4.78 is 43.0. The van der Waals surface area contributed by atoms with Crippen LogP contribution in [-0.2, 0) is 6.54 Å². The molecule has 0 saturated heterocycles. The van der Waals surface area contributed by atoms with Crippen LogP contribution in [0.25, 0.3) is 10.9 Å². The van der Waals surface area contributed by atoms with Crippen LogP contribution >= 0.6 is 0 Å². The van der Waals surface area contributed by atoms with Crippen molar-refractivity contribution in [1.82, 2.24) is 10.3 Å². The van der Waals surface area contributed by atoms with Crippen molar-refractivity contribution >= 4 is 10.9 Å². The highest BCUT2D eigenvalue weighted by Crippen LogP contribution is 2.30. The molecule has 0 aliphatic carbocycles. The molecule has 0 saturated carbocycles. The SMILES string of the molecule is CNCc1cc(OC(C)C(F)(F)F)c2ccccc2n1. The monoisotopic (exact) mass is 284 g/mol. The van der Waals surface area contributed by atoms with Gasteiger partial charge in [-0.05, 0) is 26.1 Å². The highest BCUT2D eigenvalue weighted by atomic mass is 19.4. The third-order valence-electron chi connectivity index (χ3n) is 2.85. The van der Waals surface area contributed by atoms with Crippen LogP contribution in [0.4, 0.5) is 13.2 Å². The van der Waals surface area contributed by atoms with Crippen molar-refractivity contribution in [1.29, 1.82) is 0 Å². The Morgan fingerprint density at radius 2 is 2.00 bits per heavy atom. The summed E-state index contributed by atoms with van der Waals surface area (Å²) in [6, 6.07) is 8.52. The molecule has 20 heavy (non-hydrogen) atoms. The van der Waals surface area contributed by atoms with Gasteiger partial charge in [0, 0.05) is 18.0 Å². The van der Waals surface area contributed by atoms with Gasteiger partial charge >= 0.3 is 6.18 Å². The minimum absolute atomic E-state index is 0.200. The summed E-state index contributed by atoms with van der Waals surface area (Å²) in [7, 11) is 1.75. The van der Waals surface area contributed by atoms with E-state index in [9.17, 15) is 13.2 Å². The number of rotatable bonds is 4. The third-order valence-corrected chi connectivity index (χ3v) is 2.85. The molecule has 3 nitrogen and oxygen atoms in total. The number of aromatic nitrogens is 1. The first-order chi connectivity index (χ1) is 9.41. The molecule has 2 aromatic rings. The summed E-state index contributed by atoms with van der Waals surface area (Å²) in [6.45, 7) is 1.45. The Bertz CT molecular complexity index is 598. The second kappa shape index (κ2) is 5.66. The summed E-state index contributed by atoms with van der Waals surface area (Å²) >= 11 is 0. The van der Waals surface area contributed by atoms with Crippen molar-refractivity contribution in [3.63, 3.8) is 0 Å². The Hall–Kier alpha value is -1.82. The van der Waals surface area contributed by atoms with Crippen LogP contribution in [0.2, 0.25) is 0 Å². The van der Waals surface area contributed by atoms with Crippen molar-refractivity contribution in [2.75, 3.05) is 7.05 Å². The Morgan fingerprint density at radius 3 is 2.65 bits per heavy atom. The largest absolute Gasteiger partial charge is 0.480 e. The summed E-state index contributed by atoms with van der Waals surface area (Å²) in [5.74, 6) is 0.200. The Kier molecular flexibility index (Phi) is 4.13. The van der Waals surface area contributed by atoms with Crippen molar-refractivity contribution in [2.24, 2.45) is 0 Å². The van der Waals surface area contributed by atoms with Gasteiger partial charge in [-0.25, -0.2) is 0 Å². The second-order valence-corrected chi connectivity index (χ2v) is 4.46. The summed E-state index contributed by atoms with van der Waals surface area (Å²) in [5, 5.41) is 3.49. The van der Waals surface area contributed by atoms with Crippen LogP contribution in [-0.4, -0.2) is 24.3 Å². The van der Waals surface area contributed by atoms with Crippen molar-refractivity contribution in [2.45, 2.75) is 25.7 Å². The number of hydrogen-bond acceptors (Lipinski definition) is 3. The van der Waals surface area contributed by atoms with E-state index in [1.165, 1.54) is 0 Å². The quantitative estimate of drug-likeness (QED) is 0.935. The molecule has 6 heteroatoms. The van der Waals surface area contributed by atoms with Crippen LogP contribution in [0.15, 0.2) is 30.3 Å². The lowest BCUT2D eigenvalue weighted by molar-refractivity contribution is -0.189. The zero-order valence-corrected chi connectivity index (χ0v) is 11.2. The molecule has 108 valence electrons. The number of fused-ring (bicyclic) bond motifs is 1. The number of nitrogens with one attached hydrogen (secondary N) is 1. The summed E-state index contributed by atoms with van der Waals surface area (Å²) in [5.41, 5.74) is 1.25. The Morgan fingerprint density at radius 1 is 1.30 bits per heavy atom. The first kappa shape index (κ1) is 14.6. The maximum atomic E-state index is 12.6. The zero-order chi connectivity index (χ0) is 14.8. The van der Waals surface area contributed by atoms with Crippen LogP contribution in [0.1, 0.15) is 12.6 Å². The van der Waals surface area contributed by atoms with Crippen LogP contribution in [0, 0.1) is 0 Å². The minimum Gasteiger partial charge on any atom is -0.480 e. The molecule has 0 bridgehead atoms. The van der Waals surface area contributed by atoms with Gasteiger partial charge < -0.3 is 10.1 Å². The number of para-hydroxylation sites is 1. The molecule has 0 spiro atoms. The van der Waals surface area contributed by atoms with Gasteiger partial charge in [-0.1, -0.05) is 12.1 Å². The smallest absolute Gasteiger partial charge is 0.425 e. The number of pyridine rings is 1. The average Bonchev–Trinajstić information content (AvgIpc) is 2.38. The molecule has 2 rings (SSSR count). The highest BCUT2D eigenvalue weighted by molar-refractivity contribution is 5.85. The van der Waals surface area contributed by atoms with Crippen LogP contribution in [0.5, 0.6) is 5.75 Å². The fourth-order valence-corrected chi connectivity index (χ4v) is 1.82. The van der Waals surface area contributed by atoms with E-state index in [0.717, 1.165) is 6.92 Å². The molecule has 1 heterocycles. The second-order valence-electron chi connectivity index (χ2n) is 4.46. The fourth-order valence-electron chi connectivity index (χ4n) is 1.82. The van der Waals surface area contributed by atoms with Gasteiger partial charge in [0.05, 0.1) is 11.2 Å². The molecule has 0 aliphatic heterocycles. The molecule has 1 aromatic heterocycles. The predicted molar refractivity (Wildman–Crippen MR) is 70.7 cm³/mol. The maximum absolute atomic E-state index is 12.6. The van der Waals surface area contributed by atoms with E-state index in [0.29, 0.717) is 23.1 Å².